The minimum absolute atomic E-state index is 0.0485. The number of aromatic nitrogens is 4. The Morgan fingerprint density at radius 2 is 0.605 bits per heavy atom. The first-order valence-electron chi connectivity index (χ1n) is 23.9. The van der Waals surface area contributed by atoms with Crippen molar-refractivity contribution in [2.75, 3.05) is 0 Å². The molecule has 0 saturated carbocycles. The van der Waals surface area contributed by atoms with E-state index in [9.17, 15) is 52.7 Å². The molecule has 0 aliphatic carbocycles. The Morgan fingerprint density at radius 3 is 0.842 bits per heavy atom. The average molecular weight is 1080 g/mol. The van der Waals surface area contributed by atoms with Gasteiger partial charge in [-0.1, -0.05) is 63.5 Å². The maximum Gasteiger partial charge on any atom is 0.416 e. The van der Waals surface area contributed by atoms with E-state index in [2.05, 4.69) is 39.3 Å². The number of fused-ring (bicyclic) bond motifs is 8. The normalized spacial score (nSPS) is 13.4. The fraction of sp³-hybridized carbons (Fsp3) is 0.172. The van der Waals surface area contributed by atoms with Crippen LogP contribution in [0.4, 0.5) is 52.7 Å². The lowest BCUT2D eigenvalue weighted by Crippen LogP contribution is -2.37. The van der Waals surface area contributed by atoms with Gasteiger partial charge in [0.2, 0.25) is 0 Å². The molecule has 0 fully saturated rings. The highest BCUT2D eigenvalue weighted by Crippen LogP contribution is 2.47. The van der Waals surface area contributed by atoms with Crippen molar-refractivity contribution in [2.24, 2.45) is 0 Å². The van der Waals surface area contributed by atoms with Crippen LogP contribution in [0.2, 0.25) is 39.3 Å². The van der Waals surface area contributed by atoms with E-state index in [0.717, 1.165) is 58.9 Å². The van der Waals surface area contributed by atoms with Gasteiger partial charge >= 0.3 is 24.7 Å². The highest BCUT2D eigenvalue weighted by molar-refractivity contribution is 6.89. The van der Waals surface area contributed by atoms with E-state index in [-0.39, 0.29) is 43.6 Å². The van der Waals surface area contributed by atoms with Gasteiger partial charge in [0.25, 0.3) is 0 Å². The molecule has 4 nitrogen and oxygen atoms in total. The van der Waals surface area contributed by atoms with Crippen molar-refractivity contribution in [3.8, 4) is 33.9 Å². The Kier molecular flexibility index (Phi) is 11.4. The summed E-state index contributed by atoms with van der Waals surface area (Å²) in [5, 5.41) is 4.29. The number of hydrogen-bond acceptors (Lipinski definition) is 2. The van der Waals surface area contributed by atoms with Crippen LogP contribution in [0, 0.1) is 0 Å². The molecule has 0 unspecified atom stereocenters. The summed E-state index contributed by atoms with van der Waals surface area (Å²) in [6.07, 6.45) is -15.6. The lowest BCUT2D eigenvalue weighted by molar-refractivity contribution is -0.138. The predicted molar refractivity (Wildman–Crippen MR) is 283 cm³/mol. The Morgan fingerprint density at radius 1 is 0.316 bits per heavy atom. The minimum Gasteiger partial charge on any atom is -0.309 e. The summed E-state index contributed by atoms with van der Waals surface area (Å²) in [6, 6.07) is 30.4. The summed E-state index contributed by atoms with van der Waals surface area (Å²) in [5.74, 6) is 0. The van der Waals surface area contributed by atoms with Crippen molar-refractivity contribution >= 4 is 91.7 Å². The highest BCUT2D eigenvalue weighted by Gasteiger charge is 2.36. The first-order chi connectivity index (χ1) is 35.5. The molecule has 0 atom stereocenters. The molecule has 0 radical (unpaired) electrons. The molecule has 0 N–H and O–H groups in total. The van der Waals surface area contributed by atoms with E-state index >= 15 is 0 Å². The Hall–Kier alpha value is -7.45. The third-order valence-corrected chi connectivity index (χ3v) is 18.3. The quantitative estimate of drug-likeness (QED) is 0.0945. The third kappa shape index (κ3) is 8.58. The van der Waals surface area contributed by atoms with Gasteiger partial charge in [-0.25, -0.2) is 0 Å². The number of halogens is 12. The summed E-state index contributed by atoms with van der Waals surface area (Å²) in [5.41, 5.74) is -0.278. The maximum atomic E-state index is 14.3. The molecule has 0 aliphatic rings. The molecule has 386 valence electrons. The molecule has 76 heavy (non-hydrogen) atoms. The molecule has 4 aromatic heterocycles. The van der Waals surface area contributed by atoms with Crippen molar-refractivity contribution < 1.29 is 52.7 Å². The summed E-state index contributed by atoms with van der Waals surface area (Å²) < 4.78 is 174. The lowest BCUT2D eigenvalue weighted by atomic mass is 9.88. The van der Waals surface area contributed by atoms with Gasteiger partial charge in [0.05, 0.1) is 71.9 Å². The van der Waals surface area contributed by atoms with Crippen LogP contribution >= 0.6 is 0 Å². The van der Waals surface area contributed by atoms with E-state index in [0.29, 0.717) is 55.4 Å². The zero-order valence-electron chi connectivity index (χ0n) is 41.2. The first-order valence-corrected chi connectivity index (χ1v) is 30.9. The van der Waals surface area contributed by atoms with Crippen molar-refractivity contribution in [3.63, 3.8) is 0 Å². The van der Waals surface area contributed by atoms with Crippen LogP contribution in [0.3, 0.4) is 0 Å². The second kappa shape index (κ2) is 17.0. The molecule has 0 saturated heterocycles. The smallest absolute Gasteiger partial charge is 0.309 e. The van der Waals surface area contributed by atoms with Crippen LogP contribution in [-0.4, -0.2) is 35.2 Å². The summed E-state index contributed by atoms with van der Waals surface area (Å²) in [4.78, 5) is 10.1. The Bertz CT molecular complexity index is 3760. The number of pyridine rings is 2. The lowest BCUT2D eigenvalue weighted by Gasteiger charge is -2.21. The van der Waals surface area contributed by atoms with Gasteiger partial charge in [0.1, 0.15) is 0 Å². The molecule has 18 heteroatoms. The first kappa shape index (κ1) is 50.7. The van der Waals surface area contributed by atoms with E-state index in [4.69, 9.17) is 9.97 Å². The molecular weight excluding hydrogens is 1040 g/mol. The van der Waals surface area contributed by atoms with Crippen molar-refractivity contribution in [1.82, 2.24) is 19.1 Å². The van der Waals surface area contributed by atoms with Crippen molar-refractivity contribution in [2.45, 2.75) is 64.0 Å². The SMILES string of the molecule is C[Si](C)(C)c1ccc(-c2c3ccc(-n4c5ccc(C(F)(F)F)cc5c5cc(C(F)(F)F)ccc54)cc3c(-c3ccc([Si](C)(C)C)cn3)c3ccc(-n4c5ccc(C(F)(F)F)cc5c5cc(C(F)(F)F)ccc54)cc23)nc1. The van der Waals surface area contributed by atoms with Crippen LogP contribution in [0.1, 0.15) is 22.3 Å². The third-order valence-electron chi connectivity index (χ3n) is 14.2. The Balaban J connectivity index is 1.26. The summed E-state index contributed by atoms with van der Waals surface area (Å²) in [6.45, 7) is 13.0. The van der Waals surface area contributed by atoms with Crippen LogP contribution < -0.4 is 10.4 Å². The topological polar surface area (TPSA) is 35.6 Å². The van der Waals surface area contributed by atoms with Gasteiger partial charge in [-0.3, -0.25) is 9.97 Å². The minimum atomic E-state index is -4.80. The fourth-order valence-corrected chi connectivity index (χ4v) is 12.4. The van der Waals surface area contributed by atoms with Crippen molar-refractivity contribution in [1.29, 1.82) is 0 Å². The zero-order valence-corrected chi connectivity index (χ0v) is 43.2. The number of benzene rings is 7. The molecule has 0 spiro atoms. The number of alkyl halides is 12. The molecule has 11 aromatic rings. The molecular formula is C58H42F12N4Si2. The molecule has 7 aromatic carbocycles. The number of hydrogen-bond donors (Lipinski definition) is 0. The second-order valence-corrected chi connectivity index (χ2v) is 31.3. The van der Waals surface area contributed by atoms with Gasteiger partial charge in [0, 0.05) is 56.4 Å². The van der Waals surface area contributed by atoms with Crippen LogP contribution in [0.5, 0.6) is 0 Å². The van der Waals surface area contributed by atoms with E-state index in [1.807, 2.05) is 60.9 Å². The van der Waals surface area contributed by atoms with Gasteiger partial charge in [-0.05, 0) is 141 Å². The molecule has 0 bridgehead atoms. The van der Waals surface area contributed by atoms with Crippen LogP contribution in [0.25, 0.3) is 99.0 Å². The van der Waals surface area contributed by atoms with Gasteiger partial charge in [0.15, 0.2) is 0 Å². The van der Waals surface area contributed by atoms with E-state index in [1.54, 1.807) is 21.3 Å². The molecule has 0 amide bonds. The molecule has 0 aliphatic heterocycles. The second-order valence-electron chi connectivity index (χ2n) is 21.2. The predicted octanol–water partition coefficient (Wildman–Crippen LogP) is 17.5. The maximum absolute atomic E-state index is 14.3. The monoisotopic (exact) mass is 1080 g/mol. The Labute approximate surface area is 427 Å². The van der Waals surface area contributed by atoms with Crippen molar-refractivity contribution in [3.05, 3.63) is 168 Å². The molecule has 11 rings (SSSR count). The van der Waals surface area contributed by atoms with Crippen LogP contribution in [-0.2, 0) is 24.7 Å². The average Bonchev–Trinajstić information content (AvgIpc) is 3.99. The van der Waals surface area contributed by atoms with E-state index < -0.39 is 63.1 Å². The van der Waals surface area contributed by atoms with Gasteiger partial charge in [-0.2, -0.15) is 52.7 Å². The van der Waals surface area contributed by atoms with E-state index in [1.165, 1.54) is 24.3 Å². The van der Waals surface area contributed by atoms with Gasteiger partial charge in [-0.15, -0.1) is 0 Å². The largest absolute Gasteiger partial charge is 0.416 e. The fourth-order valence-electron chi connectivity index (χ4n) is 10.3. The summed E-state index contributed by atoms with van der Waals surface area (Å²) in [7, 11) is -3.83. The number of rotatable bonds is 6. The zero-order chi connectivity index (χ0) is 54.4. The molecule has 4 heterocycles. The highest BCUT2D eigenvalue weighted by atomic mass is 28.3. The summed E-state index contributed by atoms with van der Waals surface area (Å²) >= 11 is 0. The van der Waals surface area contributed by atoms with Gasteiger partial charge < -0.3 is 9.13 Å². The number of nitrogens with zero attached hydrogens (tertiary/aromatic N) is 4. The standard InChI is InChI=1S/C58H42F12N4Si2/c1-75(2,3)37-13-17-47(71-29-37)53-39-15-11-36(74-51-21-9-33(57(65,66)67)25-43(51)44-26-34(58(68,69)70)10-22-52(44)74)28-46(39)54(48-18-14-38(30-72-48)76(4,5)6)40-16-12-35(27-45(40)53)73-49-19-7-31(55(59,60)61)23-41(49)42-24-32(56(62,63)64)8-20-50(42)73/h7-30H,1-6H3. The van der Waals surface area contributed by atoms with Crippen LogP contribution in [0.15, 0.2) is 146 Å².